The minimum atomic E-state index is -2.85. The molecule has 0 saturated carbocycles. The summed E-state index contributed by atoms with van der Waals surface area (Å²) in [6.45, 7) is 9.34. The number of nitrogens with one attached hydrogen (secondary N) is 1. The number of nitrogens with zero attached hydrogens (tertiary/aromatic N) is 3. The zero-order valence-corrected chi connectivity index (χ0v) is 69.9. The van der Waals surface area contributed by atoms with Crippen LogP contribution < -0.4 is 3.58 Å². The molecule has 1 aromatic heterocycles. The molecule has 2 aromatic carbocycles. The van der Waals surface area contributed by atoms with Crippen molar-refractivity contribution < 1.29 is 0 Å². The molecule has 0 atom stereocenters. The minimum Gasteiger partial charge on any atom is -0.0654 e. The van der Waals surface area contributed by atoms with E-state index in [1.807, 2.05) is 0 Å². The molecule has 3 aliphatic carbocycles. The van der Waals surface area contributed by atoms with Crippen molar-refractivity contribution in [2.75, 3.05) is 0 Å². The molecule has 0 amide bonds. The van der Waals surface area contributed by atoms with E-state index in [1.54, 1.807) is 25.8 Å². The van der Waals surface area contributed by atoms with Crippen molar-refractivity contribution in [2.45, 2.75) is 402 Å². The maximum absolute atomic E-state index is 10.2. The van der Waals surface area contributed by atoms with Crippen LogP contribution in [0.25, 0.3) is 27.7 Å². The molecule has 1 heterocycles. The number of unbranched alkanes of at least 4 members (excludes halogenated alkanes) is 44. The molecule has 0 saturated heterocycles. The third-order valence-corrected chi connectivity index (χ3v) is 35.1. The number of hydrogen-bond donors (Lipinski definition) is 1. The Kier molecular flexibility index (Phi) is 37.5. The molecule has 3 aliphatic rings. The molecule has 8 heteroatoms. The monoisotopic (exact) mass is 1580 g/mol. The van der Waals surface area contributed by atoms with E-state index >= 15 is 0 Å². The molecule has 1 radical (unpaired) electrons. The zero-order valence-electron chi connectivity index (χ0n) is 60.7. The van der Waals surface area contributed by atoms with Crippen LogP contribution in [0.4, 0.5) is 0 Å². The van der Waals surface area contributed by atoms with Crippen LogP contribution in [0.5, 0.6) is 0 Å². The van der Waals surface area contributed by atoms with E-state index < -0.39 is 36.8 Å². The van der Waals surface area contributed by atoms with Gasteiger partial charge in [-0.1, -0.05) is 156 Å². The average Bonchev–Trinajstić information content (AvgIpc) is 1.52. The van der Waals surface area contributed by atoms with Crippen LogP contribution in [0, 0.1) is 5.41 Å². The second-order valence-electron chi connectivity index (χ2n) is 31.6. The van der Waals surface area contributed by atoms with E-state index in [-0.39, 0.29) is 25.8 Å². The molecule has 4 nitrogen and oxygen atoms in total. The Hall–Kier alpha value is -0.504. The van der Waals surface area contributed by atoms with E-state index in [9.17, 15) is 5.41 Å². The van der Waals surface area contributed by atoms with Crippen LogP contribution in [0.15, 0.2) is 37.4 Å². The molecule has 0 unspecified atom stereocenters. The van der Waals surface area contributed by atoms with E-state index in [0.29, 0.717) is 0 Å². The molecule has 0 bridgehead atoms. The van der Waals surface area contributed by atoms with E-state index in [0.717, 1.165) is 11.4 Å². The Labute approximate surface area is 580 Å². The van der Waals surface area contributed by atoms with Gasteiger partial charge >= 0.3 is 430 Å². The van der Waals surface area contributed by atoms with Crippen molar-refractivity contribution in [3.8, 4) is 11.1 Å². The first-order valence-corrected chi connectivity index (χ1v) is 61.8. The first-order chi connectivity index (χ1) is 43.7. The van der Waals surface area contributed by atoms with Gasteiger partial charge in [-0.15, -0.1) is 0 Å². The molecular formula is C82H139N4Se2Sn2. The fourth-order valence-corrected chi connectivity index (χ4v) is 27.0. The molecular weight excluding hydrogens is 1440 g/mol. The zero-order chi connectivity index (χ0) is 64.5. The van der Waals surface area contributed by atoms with Crippen LogP contribution in [0.2, 0.25) is 29.6 Å². The Morgan fingerprint density at radius 3 is 1.03 bits per heavy atom. The van der Waals surface area contributed by atoms with Gasteiger partial charge in [-0.25, -0.2) is 0 Å². The summed E-state index contributed by atoms with van der Waals surface area (Å²) in [5, 5.41) is 10.2. The summed E-state index contributed by atoms with van der Waals surface area (Å²) in [6, 6.07) is 8.50. The van der Waals surface area contributed by atoms with Gasteiger partial charge in [-0.3, -0.25) is 0 Å². The third-order valence-electron chi connectivity index (χ3n) is 22.1. The Morgan fingerprint density at radius 1 is 0.389 bits per heavy atom. The predicted octanol–water partition coefficient (Wildman–Crippen LogP) is 26.2. The van der Waals surface area contributed by atoms with Crippen LogP contribution in [0.1, 0.15) is 384 Å². The van der Waals surface area contributed by atoms with E-state index in [1.165, 1.54) is 371 Å². The summed E-state index contributed by atoms with van der Waals surface area (Å²) < 4.78 is 19.2. The summed E-state index contributed by atoms with van der Waals surface area (Å²) in [5.41, 5.74) is 16.2. The fourth-order valence-electron chi connectivity index (χ4n) is 16.7. The van der Waals surface area contributed by atoms with Gasteiger partial charge in [0.15, 0.2) is 0 Å². The van der Waals surface area contributed by atoms with Crippen molar-refractivity contribution in [2.24, 2.45) is 4.01 Å². The molecule has 507 valence electrons. The van der Waals surface area contributed by atoms with Crippen molar-refractivity contribution in [1.29, 1.82) is 5.41 Å². The van der Waals surface area contributed by atoms with Gasteiger partial charge in [0.25, 0.3) is 0 Å². The number of rotatable bonds is 54. The maximum atomic E-state index is 10.2. The molecule has 0 fully saturated rings. The van der Waals surface area contributed by atoms with Crippen LogP contribution in [-0.4, -0.2) is 87.3 Å². The minimum absolute atomic E-state index is 0.0691. The SMILES string of the molecule is CCCCCCCCCCCCCCC1(CCCCCCCCCCCCCC)C2=C(/C(=N/[Se])C(=N)[C]([Sn]([CH3])([CH3])[CH3])=C2)c2cc3c(cc21)-c1c(c[c]([Sn]([CH3])([CH3])[CH3])c2n[se]nc12)C3(CCCCCCCCCCCCCC)CCCCCCCCCCCCCC. The first-order valence-electron chi connectivity index (χ1n) is 39.5. The molecule has 1 N–H and O–H groups in total. The first kappa shape index (κ1) is 78.5. The van der Waals surface area contributed by atoms with E-state index in [2.05, 4.69) is 97.8 Å². The van der Waals surface area contributed by atoms with Crippen molar-refractivity contribution in [1.82, 2.24) is 7.96 Å². The van der Waals surface area contributed by atoms with Crippen molar-refractivity contribution >= 4 is 99.6 Å². The van der Waals surface area contributed by atoms with Gasteiger partial charge in [0.2, 0.25) is 0 Å². The van der Waals surface area contributed by atoms with Gasteiger partial charge in [0.1, 0.15) is 0 Å². The number of aromatic nitrogens is 2. The summed E-state index contributed by atoms with van der Waals surface area (Å²) in [7, 11) is 0. The average molecular weight is 1580 g/mol. The quantitative estimate of drug-likeness (QED) is 0.0348. The fraction of sp³-hybridized carbons (Fsp3) is 0.780. The number of hydrogen-bond acceptors (Lipinski definition) is 4. The van der Waals surface area contributed by atoms with Gasteiger partial charge in [-0.2, -0.15) is 0 Å². The number of benzene rings is 2. The molecule has 6 rings (SSSR count). The predicted molar refractivity (Wildman–Crippen MR) is 409 cm³/mol. The van der Waals surface area contributed by atoms with Gasteiger partial charge in [0, 0.05) is 0 Å². The van der Waals surface area contributed by atoms with Crippen LogP contribution in [0.3, 0.4) is 0 Å². The normalized spacial score (nSPS) is 15.6. The summed E-state index contributed by atoms with van der Waals surface area (Å²) in [5.74, 6) is 0. The molecule has 90 heavy (non-hydrogen) atoms. The van der Waals surface area contributed by atoms with Gasteiger partial charge in [0.05, 0.1) is 0 Å². The smallest absolute Gasteiger partial charge is 0.0654 e. The van der Waals surface area contributed by atoms with Crippen molar-refractivity contribution in [3.63, 3.8) is 0 Å². The number of fused-ring (bicyclic) bond motifs is 7. The summed E-state index contributed by atoms with van der Waals surface area (Å²) >= 11 is -2.46. The topological polar surface area (TPSA) is 62.0 Å². The summed E-state index contributed by atoms with van der Waals surface area (Å²) in [4.78, 5) is 15.6. The van der Waals surface area contributed by atoms with Crippen LogP contribution >= 0.6 is 0 Å². The number of allylic oxidation sites excluding steroid dienone is 4. The molecule has 3 aromatic rings. The Morgan fingerprint density at radius 2 is 0.700 bits per heavy atom. The second-order valence-corrected chi connectivity index (χ2v) is 61.9. The Balaban J connectivity index is 1.42. The molecule has 0 aliphatic heterocycles. The van der Waals surface area contributed by atoms with E-state index in [4.69, 9.17) is 12.0 Å². The standard InChI is InChI=1S/C76H121N4Se2.6CH3.2Sn/c1-5-9-13-17-21-25-29-33-37-41-45-49-57-75(58-50-46-42-38-34-30-26-22-18-14-10-6-2)65-53-55-69(77)73(78-81)71(65)63-61-68-64(62-67(63)75)72-66(54-56-70-74(72)80-82-79-70)76(68,59-51-47-43-39-35-31-27-23-19-15-11-7-3)60-52-48-44-40-36-32-28-24-20-16-12-8-4;;;;;;;;/h53-54,61-62,77H,5-52,57-60H2,1-4H3;6*1H3;;/b77-69?,78-73+;;;;;;;;. The van der Waals surface area contributed by atoms with Gasteiger partial charge < -0.3 is 0 Å². The van der Waals surface area contributed by atoms with Gasteiger partial charge in [-0.05, 0) is 0 Å². The molecule has 0 spiro atoms. The second kappa shape index (κ2) is 43.0. The third kappa shape index (κ3) is 23.3. The Bertz CT molecular complexity index is 2570. The summed E-state index contributed by atoms with van der Waals surface area (Å²) in [6.07, 6.45) is 73.8. The van der Waals surface area contributed by atoms with Crippen molar-refractivity contribution in [3.05, 3.63) is 55.7 Å². The van der Waals surface area contributed by atoms with Crippen LogP contribution in [-0.2, 0) is 10.8 Å².